The van der Waals surface area contributed by atoms with Gasteiger partial charge in [0.25, 0.3) is 0 Å². The minimum atomic E-state index is -0.699. The normalized spacial score (nSPS) is 11.4. The number of aliphatic hydroxyl groups excluding tert-OH is 1. The summed E-state index contributed by atoms with van der Waals surface area (Å²) >= 11 is 0. The van der Waals surface area contributed by atoms with Crippen LogP contribution in [0, 0.1) is 0 Å². The Balaban J connectivity index is 1.55. The summed E-state index contributed by atoms with van der Waals surface area (Å²) < 4.78 is 11.7. The van der Waals surface area contributed by atoms with Crippen LogP contribution in [0.3, 0.4) is 0 Å². The summed E-state index contributed by atoms with van der Waals surface area (Å²) in [4.78, 5) is 13.0. The number of rotatable bonds is 9. The number of aliphatic hydroxyl groups is 1. The molecular weight excluding hydrogens is 380 g/mol. The number of para-hydroxylation sites is 3. The van der Waals surface area contributed by atoms with E-state index in [2.05, 4.69) is 5.32 Å². The van der Waals surface area contributed by atoms with E-state index in [1.807, 2.05) is 66.5 Å². The Hall–Kier alpha value is -3.51. The van der Waals surface area contributed by atoms with Gasteiger partial charge in [-0.25, -0.2) is 0 Å². The zero-order chi connectivity index (χ0) is 21.3. The number of carbonyl (C=O) groups excluding carboxylic acids is 1. The first-order chi connectivity index (χ1) is 14.5. The first-order valence-electron chi connectivity index (χ1n) is 9.73. The van der Waals surface area contributed by atoms with Gasteiger partial charge in [0.1, 0.15) is 24.2 Å². The monoisotopic (exact) mass is 406 g/mol. The van der Waals surface area contributed by atoms with Crippen LogP contribution in [0.4, 0.5) is 11.4 Å². The first-order valence-corrected chi connectivity index (χ1v) is 9.73. The van der Waals surface area contributed by atoms with Crippen LogP contribution in [0.25, 0.3) is 0 Å². The Bertz CT molecular complexity index is 945. The number of nitrogens with zero attached hydrogens (tertiary/aromatic N) is 1. The van der Waals surface area contributed by atoms with Crippen molar-refractivity contribution < 1.29 is 19.4 Å². The number of likely N-dealkylation sites (N-methyl/N-ethyl adjacent to an activating group) is 1. The smallest absolute Gasteiger partial charge is 0.221 e. The van der Waals surface area contributed by atoms with Crippen LogP contribution in [0.15, 0.2) is 78.9 Å². The van der Waals surface area contributed by atoms with Crippen molar-refractivity contribution in [2.24, 2.45) is 0 Å². The Kier molecular flexibility index (Phi) is 7.29. The standard InChI is InChI=1S/C24H26N2O4/c1-18(27)25-19-12-14-21(15-13-19)29-17-20(28)16-26(2)23-10-6-7-11-24(23)30-22-8-4-3-5-9-22/h3-15,20,28H,16-17H2,1-2H3,(H,25,27). The fourth-order valence-corrected chi connectivity index (χ4v) is 2.97. The molecule has 2 N–H and O–H groups in total. The van der Waals surface area contributed by atoms with Crippen LogP contribution in [-0.4, -0.2) is 37.3 Å². The fourth-order valence-electron chi connectivity index (χ4n) is 2.97. The van der Waals surface area contributed by atoms with Crippen molar-refractivity contribution >= 4 is 17.3 Å². The van der Waals surface area contributed by atoms with E-state index >= 15 is 0 Å². The topological polar surface area (TPSA) is 71.0 Å². The number of hydrogen-bond donors (Lipinski definition) is 2. The van der Waals surface area contributed by atoms with Crippen LogP contribution >= 0.6 is 0 Å². The van der Waals surface area contributed by atoms with Crippen molar-refractivity contribution in [3.05, 3.63) is 78.9 Å². The highest BCUT2D eigenvalue weighted by Crippen LogP contribution is 2.31. The summed E-state index contributed by atoms with van der Waals surface area (Å²) in [7, 11) is 1.90. The van der Waals surface area contributed by atoms with Gasteiger partial charge in [-0.3, -0.25) is 4.79 Å². The number of ether oxygens (including phenoxy) is 2. The minimum Gasteiger partial charge on any atom is -0.491 e. The molecule has 156 valence electrons. The highest BCUT2D eigenvalue weighted by molar-refractivity contribution is 5.88. The lowest BCUT2D eigenvalue weighted by Crippen LogP contribution is -2.33. The van der Waals surface area contributed by atoms with Gasteiger partial charge in [0.2, 0.25) is 5.91 Å². The average Bonchev–Trinajstić information content (AvgIpc) is 2.74. The van der Waals surface area contributed by atoms with Crippen molar-refractivity contribution in [3.63, 3.8) is 0 Å². The van der Waals surface area contributed by atoms with Crippen LogP contribution in [0.5, 0.6) is 17.2 Å². The molecule has 3 rings (SSSR count). The lowest BCUT2D eigenvalue weighted by molar-refractivity contribution is -0.114. The molecule has 0 aromatic heterocycles. The van der Waals surface area contributed by atoms with E-state index in [1.165, 1.54) is 6.92 Å². The lowest BCUT2D eigenvalue weighted by Gasteiger charge is -2.25. The minimum absolute atomic E-state index is 0.126. The second-order valence-corrected chi connectivity index (χ2v) is 6.93. The van der Waals surface area contributed by atoms with Crippen LogP contribution < -0.4 is 19.7 Å². The molecule has 0 saturated carbocycles. The molecule has 0 aliphatic heterocycles. The third-order valence-corrected chi connectivity index (χ3v) is 4.35. The van der Waals surface area contributed by atoms with Crippen LogP contribution in [0.1, 0.15) is 6.92 Å². The van der Waals surface area contributed by atoms with Gasteiger partial charge in [0.05, 0.1) is 5.69 Å². The van der Waals surface area contributed by atoms with E-state index < -0.39 is 6.10 Å². The van der Waals surface area contributed by atoms with E-state index in [1.54, 1.807) is 24.3 Å². The van der Waals surface area contributed by atoms with Gasteiger partial charge < -0.3 is 24.8 Å². The van der Waals surface area contributed by atoms with E-state index in [0.29, 0.717) is 23.7 Å². The first kappa shape index (κ1) is 21.2. The quantitative estimate of drug-likeness (QED) is 0.554. The molecule has 3 aromatic rings. The summed E-state index contributed by atoms with van der Waals surface area (Å²) in [5.41, 5.74) is 1.57. The number of carbonyl (C=O) groups is 1. The molecule has 30 heavy (non-hydrogen) atoms. The van der Waals surface area contributed by atoms with Gasteiger partial charge >= 0.3 is 0 Å². The molecule has 0 heterocycles. The van der Waals surface area contributed by atoms with Crippen LogP contribution in [-0.2, 0) is 4.79 Å². The molecule has 3 aromatic carbocycles. The summed E-state index contributed by atoms with van der Waals surface area (Å²) in [6, 6.07) is 24.3. The molecule has 0 aliphatic rings. The number of anilines is 2. The van der Waals surface area contributed by atoms with Crippen LogP contribution in [0.2, 0.25) is 0 Å². The van der Waals surface area contributed by atoms with Gasteiger partial charge in [-0.2, -0.15) is 0 Å². The highest BCUT2D eigenvalue weighted by Gasteiger charge is 2.14. The van der Waals surface area contributed by atoms with Gasteiger partial charge in [-0.1, -0.05) is 30.3 Å². The van der Waals surface area contributed by atoms with Crippen molar-refractivity contribution in [2.45, 2.75) is 13.0 Å². The third kappa shape index (κ3) is 6.25. The van der Waals surface area contributed by atoms with Gasteiger partial charge in [-0.15, -0.1) is 0 Å². The largest absolute Gasteiger partial charge is 0.491 e. The molecule has 0 fully saturated rings. The molecule has 6 heteroatoms. The second kappa shape index (κ2) is 10.3. The number of benzene rings is 3. The summed E-state index contributed by atoms with van der Waals surface area (Å²) in [5, 5.41) is 13.1. The van der Waals surface area contributed by atoms with Gasteiger partial charge in [0, 0.05) is 26.2 Å². The third-order valence-electron chi connectivity index (χ3n) is 4.35. The van der Waals surface area contributed by atoms with E-state index in [9.17, 15) is 9.90 Å². The Morgan fingerprint density at radius 3 is 2.33 bits per heavy atom. The maximum absolute atomic E-state index is 11.1. The Morgan fingerprint density at radius 1 is 0.967 bits per heavy atom. The maximum Gasteiger partial charge on any atom is 0.221 e. The molecular formula is C24H26N2O4. The summed E-state index contributed by atoms with van der Waals surface area (Å²) in [6.45, 7) is 1.98. The van der Waals surface area contributed by atoms with Crippen molar-refractivity contribution in [1.82, 2.24) is 0 Å². The van der Waals surface area contributed by atoms with Crippen molar-refractivity contribution in [2.75, 3.05) is 30.4 Å². The average molecular weight is 406 g/mol. The summed E-state index contributed by atoms with van der Waals surface area (Å²) in [5.74, 6) is 1.97. The predicted octanol–water partition coefficient (Wildman–Crippen LogP) is 4.31. The van der Waals surface area contributed by atoms with Crippen molar-refractivity contribution in [3.8, 4) is 17.2 Å². The molecule has 0 spiro atoms. The lowest BCUT2D eigenvalue weighted by atomic mass is 10.2. The molecule has 0 aliphatic carbocycles. The van der Waals surface area contributed by atoms with Crippen molar-refractivity contribution in [1.29, 1.82) is 0 Å². The SMILES string of the molecule is CC(=O)Nc1ccc(OCC(O)CN(C)c2ccccc2Oc2ccccc2)cc1. The zero-order valence-corrected chi connectivity index (χ0v) is 17.1. The zero-order valence-electron chi connectivity index (χ0n) is 17.1. The highest BCUT2D eigenvalue weighted by atomic mass is 16.5. The second-order valence-electron chi connectivity index (χ2n) is 6.93. The molecule has 0 bridgehead atoms. The van der Waals surface area contributed by atoms with E-state index in [-0.39, 0.29) is 12.5 Å². The molecule has 1 atom stereocenters. The molecule has 1 amide bonds. The number of nitrogens with one attached hydrogen (secondary N) is 1. The molecule has 1 unspecified atom stereocenters. The maximum atomic E-state index is 11.1. The number of amides is 1. The van der Waals surface area contributed by atoms with E-state index in [0.717, 1.165) is 11.4 Å². The Morgan fingerprint density at radius 2 is 1.63 bits per heavy atom. The fraction of sp³-hybridized carbons (Fsp3) is 0.208. The van der Waals surface area contributed by atoms with Gasteiger partial charge in [0.15, 0.2) is 5.75 Å². The molecule has 0 radical (unpaired) electrons. The predicted molar refractivity (Wildman–Crippen MR) is 118 cm³/mol. The number of hydrogen-bond acceptors (Lipinski definition) is 5. The Labute approximate surface area is 176 Å². The van der Waals surface area contributed by atoms with Gasteiger partial charge in [-0.05, 0) is 48.5 Å². The molecule has 0 saturated heterocycles. The molecule has 6 nitrogen and oxygen atoms in total. The van der Waals surface area contributed by atoms with E-state index in [4.69, 9.17) is 9.47 Å². The summed E-state index contributed by atoms with van der Waals surface area (Å²) in [6.07, 6.45) is -0.699.